The zero-order valence-corrected chi connectivity index (χ0v) is 8.17. The molecular formula is C10H17N3. The van der Waals surface area contributed by atoms with Gasteiger partial charge in [0, 0.05) is 0 Å². The topological polar surface area (TPSA) is 64.1 Å². The van der Waals surface area contributed by atoms with Crippen molar-refractivity contribution in [3.63, 3.8) is 0 Å². The molecule has 0 heterocycles. The largest absolute Gasteiger partial charge is 0.397 e. The monoisotopic (exact) mass is 179 g/mol. The molecule has 5 N–H and O–H groups in total. The van der Waals surface area contributed by atoms with Crippen LogP contribution >= 0.6 is 0 Å². The number of hydrogen-bond acceptors (Lipinski definition) is 3. The minimum atomic E-state index is 0.481. The number of hydrogen-bond donors (Lipinski definition) is 3. The van der Waals surface area contributed by atoms with E-state index in [0.29, 0.717) is 11.6 Å². The molecule has 0 aliphatic rings. The van der Waals surface area contributed by atoms with Gasteiger partial charge in [-0.2, -0.15) is 0 Å². The summed E-state index contributed by atoms with van der Waals surface area (Å²) in [5.41, 5.74) is 11.2. The third-order valence-corrected chi connectivity index (χ3v) is 2.42. The van der Waals surface area contributed by atoms with Crippen LogP contribution < -0.4 is 17.0 Å². The van der Waals surface area contributed by atoms with Gasteiger partial charge in [0.1, 0.15) is 0 Å². The average Bonchev–Trinajstić information content (AvgIpc) is 2.16. The van der Waals surface area contributed by atoms with E-state index < -0.39 is 0 Å². The Kier molecular flexibility index (Phi) is 3.14. The number of nitrogen functional groups attached to an aromatic ring is 2. The van der Waals surface area contributed by atoms with Gasteiger partial charge in [0.05, 0.1) is 11.4 Å². The quantitative estimate of drug-likeness (QED) is 0.378. The van der Waals surface area contributed by atoms with E-state index in [2.05, 4.69) is 25.3 Å². The van der Waals surface area contributed by atoms with Crippen LogP contribution in [0.2, 0.25) is 0 Å². The molecule has 0 saturated heterocycles. The van der Waals surface area contributed by atoms with E-state index in [1.165, 1.54) is 5.56 Å². The molecule has 1 unspecified atom stereocenters. The second-order valence-corrected chi connectivity index (χ2v) is 3.27. The van der Waals surface area contributed by atoms with Gasteiger partial charge < -0.3 is 11.2 Å². The Morgan fingerprint density at radius 1 is 1.46 bits per heavy atom. The first-order valence-corrected chi connectivity index (χ1v) is 4.55. The zero-order valence-electron chi connectivity index (χ0n) is 8.17. The molecule has 1 aromatic carbocycles. The average molecular weight is 179 g/mol. The maximum absolute atomic E-state index is 5.78. The summed E-state index contributed by atoms with van der Waals surface area (Å²) < 4.78 is 0. The molecule has 3 heteroatoms. The number of hydrazine groups is 1. The maximum Gasteiger partial charge on any atom is 0.0751 e. The molecule has 0 bridgehead atoms. The van der Waals surface area contributed by atoms with E-state index in [0.717, 1.165) is 12.1 Å². The fourth-order valence-electron chi connectivity index (χ4n) is 1.39. The molecule has 0 spiro atoms. The van der Waals surface area contributed by atoms with Crippen molar-refractivity contribution in [1.82, 2.24) is 0 Å². The number of rotatable bonds is 3. The zero-order chi connectivity index (χ0) is 9.84. The third-order valence-electron chi connectivity index (χ3n) is 2.42. The molecule has 0 saturated carbocycles. The van der Waals surface area contributed by atoms with Crippen molar-refractivity contribution in [2.24, 2.45) is 5.84 Å². The fraction of sp³-hybridized carbons (Fsp3) is 0.400. The number of anilines is 2. The molecule has 0 aliphatic carbocycles. The number of nitrogens with two attached hydrogens (primary N) is 2. The summed E-state index contributed by atoms with van der Waals surface area (Å²) in [6.45, 7) is 4.31. The maximum atomic E-state index is 5.78. The number of benzene rings is 1. The van der Waals surface area contributed by atoms with Gasteiger partial charge in [-0.15, -0.1) is 0 Å². The molecule has 1 atom stereocenters. The minimum absolute atomic E-state index is 0.481. The SMILES string of the molecule is CCC(C)c1cccc(N)c1NN. The molecule has 0 radical (unpaired) electrons. The van der Waals surface area contributed by atoms with Crippen LogP contribution in [0.3, 0.4) is 0 Å². The van der Waals surface area contributed by atoms with Gasteiger partial charge in [0.2, 0.25) is 0 Å². The van der Waals surface area contributed by atoms with Gasteiger partial charge >= 0.3 is 0 Å². The molecule has 0 aromatic heterocycles. The Labute approximate surface area is 79.1 Å². The lowest BCUT2D eigenvalue weighted by Crippen LogP contribution is -2.12. The van der Waals surface area contributed by atoms with Crippen molar-refractivity contribution in [2.75, 3.05) is 11.2 Å². The lowest BCUT2D eigenvalue weighted by Gasteiger charge is -2.15. The van der Waals surface area contributed by atoms with Crippen molar-refractivity contribution < 1.29 is 0 Å². The van der Waals surface area contributed by atoms with E-state index >= 15 is 0 Å². The first-order chi connectivity index (χ1) is 6.20. The van der Waals surface area contributed by atoms with Gasteiger partial charge in [0.25, 0.3) is 0 Å². The smallest absolute Gasteiger partial charge is 0.0751 e. The summed E-state index contributed by atoms with van der Waals surface area (Å²) in [5.74, 6) is 5.90. The molecule has 3 nitrogen and oxygen atoms in total. The normalized spacial score (nSPS) is 12.5. The minimum Gasteiger partial charge on any atom is -0.397 e. The first-order valence-electron chi connectivity index (χ1n) is 4.55. The van der Waals surface area contributed by atoms with E-state index in [4.69, 9.17) is 11.6 Å². The molecule has 0 amide bonds. The van der Waals surface area contributed by atoms with Crippen LogP contribution in [0.1, 0.15) is 31.7 Å². The molecule has 1 aromatic rings. The Bertz CT molecular complexity index is 283. The lowest BCUT2D eigenvalue weighted by atomic mass is 9.96. The lowest BCUT2D eigenvalue weighted by molar-refractivity contribution is 0.735. The Morgan fingerprint density at radius 2 is 2.15 bits per heavy atom. The van der Waals surface area contributed by atoms with Gasteiger partial charge in [0.15, 0.2) is 0 Å². The van der Waals surface area contributed by atoms with Crippen molar-refractivity contribution >= 4 is 11.4 Å². The highest BCUT2D eigenvalue weighted by Crippen LogP contribution is 2.30. The van der Waals surface area contributed by atoms with Crippen LogP contribution in [-0.4, -0.2) is 0 Å². The second-order valence-electron chi connectivity index (χ2n) is 3.27. The van der Waals surface area contributed by atoms with E-state index in [9.17, 15) is 0 Å². The molecule has 0 fully saturated rings. The van der Waals surface area contributed by atoms with Crippen molar-refractivity contribution in [2.45, 2.75) is 26.2 Å². The fourth-order valence-corrected chi connectivity index (χ4v) is 1.39. The van der Waals surface area contributed by atoms with Crippen molar-refractivity contribution in [3.8, 4) is 0 Å². The summed E-state index contributed by atoms with van der Waals surface area (Å²) in [6.07, 6.45) is 1.08. The van der Waals surface area contributed by atoms with Gasteiger partial charge in [-0.25, -0.2) is 0 Å². The Hall–Kier alpha value is -1.22. The highest BCUT2D eigenvalue weighted by atomic mass is 15.2. The van der Waals surface area contributed by atoms with Crippen LogP contribution in [0.5, 0.6) is 0 Å². The number of nitrogens with one attached hydrogen (secondary N) is 1. The predicted octanol–water partition coefficient (Wildman–Crippen LogP) is 2.07. The van der Waals surface area contributed by atoms with Gasteiger partial charge in [-0.1, -0.05) is 26.0 Å². The first kappa shape index (κ1) is 9.86. The molecular weight excluding hydrogens is 162 g/mol. The van der Waals surface area contributed by atoms with Crippen LogP contribution in [0, 0.1) is 0 Å². The molecule has 0 aliphatic heterocycles. The highest BCUT2D eigenvalue weighted by Gasteiger charge is 2.09. The van der Waals surface area contributed by atoms with Crippen LogP contribution in [0.25, 0.3) is 0 Å². The summed E-state index contributed by atoms with van der Waals surface area (Å²) >= 11 is 0. The third kappa shape index (κ3) is 1.92. The molecule has 72 valence electrons. The molecule has 1 rings (SSSR count). The van der Waals surface area contributed by atoms with Crippen LogP contribution in [-0.2, 0) is 0 Å². The predicted molar refractivity (Wildman–Crippen MR) is 57.4 cm³/mol. The van der Waals surface area contributed by atoms with E-state index in [-0.39, 0.29) is 0 Å². The highest BCUT2D eigenvalue weighted by molar-refractivity contribution is 5.70. The summed E-state index contributed by atoms with van der Waals surface area (Å²) in [6, 6.07) is 5.86. The van der Waals surface area contributed by atoms with Gasteiger partial charge in [-0.05, 0) is 24.0 Å². The Morgan fingerprint density at radius 3 is 2.69 bits per heavy atom. The molecule has 13 heavy (non-hydrogen) atoms. The second kappa shape index (κ2) is 4.14. The van der Waals surface area contributed by atoms with E-state index in [1.54, 1.807) is 0 Å². The van der Waals surface area contributed by atoms with Gasteiger partial charge in [-0.3, -0.25) is 5.84 Å². The van der Waals surface area contributed by atoms with Crippen LogP contribution in [0.15, 0.2) is 18.2 Å². The van der Waals surface area contributed by atoms with E-state index in [1.807, 2.05) is 12.1 Å². The summed E-state index contributed by atoms with van der Waals surface area (Å²) in [7, 11) is 0. The number of para-hydroxylation sites is 1. The standard InChI is InChI=1S/C10H17N3/c1-3-7(2)8-5-4-6-9(11)10(8)13-12/h4-7,13H,3,11-12H2,1-2H3. The summed E-state index contributed by atoms with van der Waals surface area (Å²) in [4.78, 5) is 0. The van der Waals surface area contributed by atoms with Crippen LogP contribution in [0.4, 0.5) is 11.4 Å². The Balaban J connectivity index is 3.12. The van der Waals surface area contributed by atoms with Crippen molar-refractivity contribution in [3.05, 3.63) is 23.8 Å². The summed E-state index contributed by atoms with van der Waals surface area (Å²) in [5, 5.41) is 0. The van der Waals surface area contributed by atoms with Crippen molar-refractivity contribution in [1.29, 1.82) is 0 Å².